The van der Waals surface area contributed by atoms with Crippen LogP contribution in [0.1, 0.15) is 17.2 Å². The van der Waals surface area contributed by atoms with Crippen LogP contribution in [0.4, 0.5) is 5.69 Å². The summed E-state index contributed by atoms with van der Waals surface area (Å²) in [7, 11) is 0. The lowest BCUT2D eigenvalue weighted by Crippen LogP contribution is -2.12. The molecule has 0 fully saturated rings. The molecule has 1 aromatic rings. The highest BCUT2D eigenvalue weighted by Crippen LogP contribution is 2.19. The summed E-state index contributed by atoms with van der Waals surface area (Å²) >= 11 is 0. The smallest absolute Gasteiger partial charge is 0.337 e. The molecule has 6 nitrogen and oxygen atoms in total. The summed E-state index contributed by atoms with van der Waals surface area (Å²) in [4.78, 5) is 10.5. The summed E-state index contributed by atoms with van der Waals surface area (Å²) in [5.41, 5.74) is 2.97. The van der Waals surface area contributed by atoms with E-state index in [2.05, 4.69) is 5.43 Å². The maximum atomic E-state index is 10.5. The largest absolute Gasteiger partial charge is 0.479 e. The lowest BCUT2D eigenvalue weighted by molar-refractivity contribution is -0.146. The van der Waals surface area contributed by atoms with Crippen LogP contribution in [0.3, 0.4) is 0 Å². The van der Waals surface area contributed by atoms with Gasteiger partial charge in [0.05, 0.1) is 17.3 Å². The van der Waals surface area contributed by atoms with Gasteiger partial charge in [-0.3, -0.25) is 5.84 Å². The number of aliphatic carboxylic acids is 1. The van der Waals surface area contributed by atoms with Gasteiger partial charge >= 0.3 is 5.97 Å². The van der Waals surface area contributed by atoms with E-state index in [9.17, 15) is 9.90 Å². The van der Waals surface area contributed by atoms with Gasteiger partial charge < -0.3 is 15.6 Å². The number of carboxylic acid groups (broad SMARTS) is 1. The molecule has 1 atom stereocenters. The molecule has 0 bridgehead atoms. The van der Waals surface area contributed by atoms with E-state index in [-0.39, 0.29) is 11.1 Å². The van der Waals surface area contributed by atoms with E-state index in [0.717, 1.165) is 0 Å². The summed E-state index contributed by atoms with van der Waals surface area (Å²) in [5, 5.41) is 26.5. The molecule has 6 heteroatoms. The second-order valence-electron chi connectivity index (χ2n) is 2.84. The van der Waals surface area contributed by atoms with Gasteiger partial charge in [0.1, 0.15) is 0 Å². The van der Waals surface area contributed by atoms with E-state index in [1.54, 1.807) is 0 Å². The molecule has 0 saturated heterocycles. The van der Waals surface area contributed by atoms with Crippen molar-refractivity contribution >= 4 is 11.7 Å². The average molecular weight is 207 g/mol. The van der Waals surface area contributed by atoms with Crippen LogP contribution < -0.4 is 11.3 Å². The topological polar surface area (TPSA) is 119 Å². The highest BCUT2D eigenvalue weighted by atomic mass is 16.4. The molecule has 0 spiro atoms. The fourth-order valence-electron chi connectivity index (χ4n) is 1.10. The van der Waals surface area contributed by atoms with Crippen LogP contribution in [0.5, 0.6) is 0 Å². The quantitative estimate of drug-likeness (QED) is 0.408. The fraction of sp³-hybridized carbons (Fsp3) is 0.111. The van der Waals surface area contributed by atoms with Gasteiger partial charge in [0.25, 0.3) is 0 Å². The number of nitriles is 1. The van der Waals surface area contributed by atoms with Crippen LogP contribution in [0.2, 0.25) is 0 Å². The number of anilines is 1. The Bertz CT molecular complexity index is 425. The minimum Gasteiger partial charge on any atom is -0.479 e. The number of nitrogens with two attached hydrogens (primary N) is 1. The van der Waals surface area contributed by atoms with Crippen molar-refractivity contribution in [1.82, 2.24) is 0 Å². The predicted molar refractivity (Wildman–Crippen MR) is 51.6 cm³/mol. The molecular weight excluding hydrogens is 198 g/mol. The number of benzene rings is 1. The van der Waals surface area contributed by atoms with E-state index < -0.39 is 12.1 Å². The molecule has 0 aliphatic heterocycles. The van der Waals surface area contributed by atoms with Gasteiger partial charge in [-0.25, -0.2) is 4.79 Å². The summed E-state index contributed by atoms with van der Waals surface area (Å²) in [6.07, 6.45) is -1.66. The Morgan fingerprint density at radius 2 is 2.20 bits per heavy atom. The molecule has 1 rings (SSSR count). The Morgan fingerprint density at radius 3 is 2.67 bits per heavy atom. The maximum Gasteiger partial charge on any atom is 0.337 e. The Kier molecular flexibility index (Phi) is 3.23. The van der Waals surface area contributed by atoms with Gasteiger partial charge in [-0.1, -0.05) is 0 Å². The molecule has 15 heavy (non-hydrogen) atoms. The number of nitrogen functional groups attached to an aromatic ring is 1. The van der Waals surface area contributed by atoms with E-state index in [4.69, 9.17) is 16.2 Å². The average Bonchev–Trinajstić information content (AvgIpc) is 2.27. The first-order valence-corrected chi connectivity index (χ1v) is 4.01. The molecule has 1 aromatic carbocycles. The van der Waals surface area contributed by atoms with Crippen molar-refractivity contribution in [3.05, 3.63) is 29.3 Å². The monoisotopic (exact) mass is 207 g/mol. The van der Waals surface area contributed by atoms with Crippen molar-refractivity contribution in [2.75, 3.05) is 5.43 Å². The summed E-state index contributed by atoms with van der Waals surface area (Å²) in [6, 6.07) is 5.93. The molecule has 0 heterocycles. The van der Waals surface area contributed by atoms with Crippen molar-refractivity contribution in [2.45, 2.75) is 6.10 Å². The third-order valence-electron chi connectivity index (χ3n) is 1.80. The van der Waals surface area contributed by atoms with E-state index >= 15 is 0 Å². The number of rotatable bonds is 3. The van der Waals surface area contributed by atoms with Gasteiger partial charge in [0.15, 0.2) is 6.10 Å². The predicted octanol–water partition coefficient (Wildman–Crippen LogP) is -0.0381. The molecule has 0 amide bonds. The lowest BCUT2D eigenvalue weighted by Gasteiger charge is -2.08. The standard InChI is InChI=1S/C9H9N3O3/c10-4-5-1-6(8(13)9(14)15)3-7(2-5)12-11/h1-3,8,12-13H,11H2,(H,14,15). The summed E-state index contributed by atoms with van der Waals surface area (Å²) in [5.74, 6) is 3.75. The van der Waals surface area contributed by atoms with Crippen LogP contribution in [0, 0.1) is 11.3 Å². The number of hydrazine groups is 1. The zero-order chi connectivity index (χ0) is 11.4. The number of carbonyl (C=O) groups is 1. The zero-order valence-corrected chi connectivity index (χ0v) is 7.64. The van der Waals surface area contributed by atoms with Crippen molar-refractivity contribution < 1.29 is 15.0 Å². The second kappa shape index (κ2) is 4.41. The third-order valence-corrected chi connectivity index (χ3v) is 1.80. The Hall–Kier alpha value is -2.10. The van der Waals surface area contributed by atoms with Gasteiger partial charge in [-0.05, 0) is 23.8 Å². The number of aliphatic hydroxyl groups excluding tert-OH is 1. The normalized spacial score (nSPS) is 11.5. The molecule has 5 N–H and O–H groups in total. The molecule has 1 unspecified atom stereocenters. The molecule has 0 saturated carbocycles. The molecule has 0 aromatic heterocycles. The number of hydrogen-bond donors (Lipinski definition) is 4. The number of nitrogens with zero attached hydrogens (tertiary/aromatic N) is 1. The molecule has 0 radical (unpaired) electrons. The van der Waals surface area contributed by atoms with Crippen LogP contribution in [-0.2, 0) is 4.79 Å². The van der Waals surface area contributed by atoms with E-state index in [0.29, 0.717) is 5.69 Å². The van der Waals surface area contributed by atoms with Crippen LogP contribution in [0.15, 0.2) is 18.2 Å². The molecule has 0 aliphatic carbocycles. The SMILES string of the molecule is N#Cc1cc(NN)cc(C(O)C(=O)O)c1. The van der Waals surface area contributed by atoms with Crippen molar-refractivity contribution in [2.24, 2.45) is 5.84 Å². The number of nitrogens with one attached hydrogen (secondary N) is 1. The highest BCUT2D eigenvalue weighted by molar-refractivity contribution is 5.75. The Morgan fingerprint density at radius 1 is 1.53 bits per heavy atom. The Labute approximate surface area is 85.5 Å². The highest BCUT2D eigenvalue weighted by Gasteiger charge is 2.17. The van der Waals surface area contributed by atoms with Gasteiger partial charge in [0.2, 0.25) is 0 Å². The maximum absolute atomic E-state index is 10.5. The number of hydrogen-bond acceptors (Lipinski definition) is 5. The number of carboxylic acids is 1. The molecular formula is C9H9N3O3. The van der Waals surface area contributed by atoms with Gasteiger partial charge in [0, 0.05) is 0 Å². The van der Waals surface area contributed by atoms with Crippen molar-refractivity contribution in [3.63, 3.8) is 0 Å². The second-order valence-corrected chi connectivity index (χ2v) is 2.84. The van der Waals surface area contributed by atoms with Crippen molar-refractivity contribution in [1.29, 1.82) is 5.26 Å². The van der Waals surface area contributed by atoms with Gasteiger partial charge in [-0.2, -0.15) is 5.26 Å². The molecule has 0 aliphatic rings. The third kappa shape index (κ3) is 2.43. The van der Waals surface area contributed by atoms with Gasteiger partial charge in [-0.15, -0.1) is 0 Å². The van der Waals surface area contributed by atoms with Crippen molar-refractivity contribution in [3.8, 4) is 6.07 Å². The van der Waals surface area contributed by atoms with Crippen LogP contribution >= 0.6 is 0 Å². The summed E-state index contributed by atoms with van der Waals surface area (Å²) in [6.45, 7) is 0. The zero-order valence-electron chi connectivity index (χ0n) is 7.64. The summed E-state index contributed by atoms with van der Waals surface area (Å²) < 4.78 is 0. The molecule has 78 valence electrons. The first-order chi connectivity index (χ1) is 7.08. The first kappa shape index (κ1) is 11.0. The van der Waals surface area contributed by atoms with E-state index in [1.807, 2.05) is 6.07 Å². The Balaban J connectivity index is 3.19. The fourth-order valence-corrected chi connectivity index (χ4v) is 1.10. The number of aliphatic hydroxyl groups is 1. The van der Waals surface area contributed by atoms with Crippen LogP contribution in [-0.4, -0.2) is 16.2 Å². The van der Waals surface area contributed by atoms with Crippen LogP contribution in [0.25, 0.3) is 0 Å². The minimum absolute atomic E-state index is 0.106. The van der Waals surface area contributed by atoms with E-state index in [1.165, 1.54) is 18.2 Å². The first-order valence-electron chi connectivity index (χ1n) is 4.01. The lowest BCUT2D eigenvalue weighted by atomic mass is 10.1. The minimum atomic E-state index is -1.66.